The summed E-state index contributed by atoms with van der Waals surface area (Å²) in [5, 5.41) is 13.9. The summed E-state index contributed by atoms with van der Waals surface area (Å²) in [6.45, 7) is 1.88. The first kappa shape index (κ1) is 7.74. The monoisotopic (exact) mass is 172 g/mol. The van der Waals surface area contributed by atoms with Crippen molar-refractivity contribution in [3.8, 4) is 6.07 Å². The van der Waals surface area contributed by atoms with Gasteiger partial charge in [-0.3, -0.25) is 4.68 Å². The molecule has 2 aromatic heterocycles. The molecule has 0 amide bonds. The van der Waals surface area contributed by atoms with Crippen LogP contribution in [0.1, 0.15) is 11.4 Å². The van der Waals surface area contributed by atoms with Crippen molar-refractivity contribution in [3.63, 3.8) is 0 Å². The van der Waals surface area contributed by atoms with Crippen LogP contribution >= 0.6 is 0 Å². The molecule has 0 unspecified atom stereocenters. The highest BCUT2D eigenvalue weighted by molar-refractivity contribution is 5.85. The van der Waals surface area contributed by atoms with Crippen LogP contribution in [-0.2, 0) is 7.05 Å². The van der Waals surface area contributed by atoms with Gasteiger partial charge in [0.1, 0.15) is 6.07 Å². The van der Waals surface area contributed by atoms with Crippen molar-refractivity contribution in [1.29, 1.82) is 5.26 Å². The molecule has 0 atom stereocenters. The van der Waals surface area contributed by atoms with E-state index in [9.17, 15) is 0 Å². The number of fused-ring (bicyclic) bond motifs is 1. The fourth-order valence-electron chi connectivity index (χ4n) is 1.49. The number of hydrogen-bond acceptors (Lipinski definition) is 3. The molecule has 0 saturated heterocycles. The summed E-state index contributed by atoms with van der Waals surface area (Å²) in [7, 11) is 1.86. The van der Waals surface area contributed by atoms with Crippen molar-refractivity contribution < 1.29 is 0 Å². The lowest BCUT2D eigenvalue weighted by Gasteiger charge is -1.93. The smallest absolute Gasteiger partial charge is 0.151 e. The molecule has 13 heavy (non-hydrogen) atoms. The predicted molar refractivity (Wildman–Crippen MR) is 48.0 cm³/mol. The highest BCUT2D eigenvalue weighted by Gasteiger charge is 2.09. The van der Waals surface area contributed by atoms with Crippen LogP contribution in [0.15, 0.2) is 12.3 Å². The lowest BCUT2D eigenvalue weighted by Crippen LogP contribution is -1.89. The van der Waals surface area contributed by atoms with Crippen molar-refractivity contribution >= 4 is 10.9 Å². The van der Waals surface area contributed by atoms with E-state index in [0.29, 0.717) is 5.69 Å². The van der Waals surface area contributed by atoms with Crippen LogP contribution in [0.2, 0.25) is 0 Å². The second-order valence-corrected chi connectivity index (χ2v) is 2.87. The molecule has 0 bridgehead atoms. The maximum Gasteiger partial charge on any atom is 0.151 e. The van der Waals surface area contributed by atoms with Crippen LogP contribution in [0, 0.1) is 18.3 Å². The molecule has 64 valence electrons. The summed E-state index contributed by atoms with van der Waals surface area (Å²) < 4.78 is 1.76. The van der Waals surface area contributed by atoms with E-state index in [1.54, 1.807) is 10.9 Å². The summed E-state index contributed by atoms with van der Waals surface area (Å²) in [6.07, 6.45) is 1.63. The molecule has 4 nitrogen and oxygen atoms in total. The van der Waals surface area contributed by atoms with Crippen LogP contribution in [0.4, 0.5) is 0 Å². The van der Waals surface area contributed by atoms with Gasteiger partial charge in [0.25, 0.3) is 0 Å². The molecule has 2 rings (SSSR count). The zero-order valence-corrected chi connectivity index (χ0v) is 7.44. The Labute approximate surface area is 75.4 Å². The molecule has 0 fully saturated rings. The number of aromatic nitrogens is 3. The Kier molecular flexibility index (Phi) is 1.52. The predicted octanol–water partition coefficient (Wildman–Crippen LogP) is 1.15. The van der Waals surface area contributed by atoms with Gasteiger partial charge in [0.2, 0.25) is 0 Å². The van der Waals surface area contributed by atoms with Gasteiger partial charge in [-0.15, -0.1) is 0 Å². The van der Waals surface area contributed by atoms with Gasteiger partial charge in [-0.1, -0.05) is 0 Å². The molecule has 0 aliphatic heterocycles. The molecule has 0 aliphatic carbocycles. The Bertz CT molecular complexity index is 504. The van der Waals surface area contributed by atoms with Crippen molar-refractivity contribution in [2.45, 2.75) is 6.92 Å². The lowest BCUT2D eigenvalue weighted by molar-refractivity contribution is 0.783. The third kappa shape index (κ3) is 0.975. The SMILES string of the molecule is Cc1nn(C)c2ccnc(C#N)c12. The van der Waals surface area contributed by atoms with E-state index in [4.69, 9.17) is 5.26 Å². The van der Waals surface area contributed by atoms with E-state index >= 15 is 0 Å². The largest absolute Gasteiger partial charge is 0.268 e. The van der Waals surface area contributed by atoms with Crippen LogP contribution in [0.25, 0.3) is 10.9 Å². The fraction of sp³-hybridized carbons (Fsp3) is 0.222. The Morgan fingerprint density at radius 3 is 3.00 bits per heavy atom. The minimum absolute atomic E-state index is 0.447. The quantitative estimate of drug-likeness (QED) is 0.599. The van der Waals surface area contributed by atoms with Gasteiger partial charge >= 0.3 is 0 Å². The van der Waals surface area contributed by atoms with E-state index < -0.39 is 0 Å². The summed E-state index contributed by atoms with van der Waals surface area (Å²) in [4.78, 5) is 3.99. The summed E-state index contributed by atoms with van der Waals surface area (Å²) >= 11 is 0. The maximum atomic E-state index is 8.82. The molecule has 4 heteroatoms. The summed E-state index contributed by atoms with van der Waals surface area (Å²) in [5.74, 6) is 0. The molecule has 2 heterocycles. The molecular formula is C9H8N4. The van der Waals surface area contributed by atoms with Crippen molar-refractivity contribution in [3.05, 3.63) is 23.7 Å². The van der Waals surface area contributed by atoms with Gasteiger partial charge in [0.15, 0.2) is 5.69 Å². The normalized spacial score (nSPS) is 10.2. The van der Waals surface area contributed by atoms with E-state index in [-0.39, 0.29) is 0 Å². The summed E-state index contributed by atoms with van der Waals surface area (Å²) in [6, 6.07) is 3.92. The molecule has 0 N–H and O–H groups in total. The summed E-state index contributed by atoms with van der Waals surface area (Å²) in [5.41, 5.74) is 2.24. The van der Waals surface area contributed by atoms with Gasteiger partial charge in [0, 0.05) is 13.2 Å². The molecule has 0 aliphatic rings. The van der Waals surface area contributed by atoms with E-state index in [1.165, 1.54) is 0 Å². The van der Waals surface area contributed by atoms with Gasteiger partial charge in [0.05, 0.1) is 16.6 Å². The third-order valence-corrected chi connectivity index (χ3v) is 2.05. The number of hydrogen-bond donors (Lipinski definition) is 0. The van der Waals surface area contributed by atoms with Crippen LogP contribution in [0.3, 0.4) is 0 Å². The molecule has 0 radical (unpaired) electrons. The Morgan fingerprint density at radius 2 is 2.31 bits per heavy atom. The zero-order valence-electron chi connectivity index (χ0n) is 7.44. The topological polar surface area (TPSA) is 54.5 Å². The second kappa shape index (κ2) is 2.56. The fourth-order valence-corrected chi connectivity index (χ4v) is 1.49. The molecule has 2 aromatic rings. The molecule has 0 spiro atoms. The second-order valence-electron chi connectivity index (χ2n) is 2.87. The highest BCUT2D eigenvalue weighted by atomic mass is 15.3. The van der Waals surface area contributed by atoms with E-state index in [2.05, 4.69) is 16.2 Å². The Balaban J connectivity index is 2.99. The Morgan fingerprint density at radius 1 is 1.54 bits per heavy atom. The van der Waals surface area contributed by atoms with Gasteiger partial charge in [-0.25, -0.2) is 4.98 Å². The van der Waals surface area contributed by atoms with Crippen molar-refractivity contribution in [2.75, 3.05) is 0 Å². The Hall–Kier alpha value is -1.89. The number of pyridine rings is 1. The number of rotatable bonds is 0. The van der Waals surface area contributed by atoms with E-state index in [0.717, 1.165) is 16.6 Å². The van der Waals surface area contributed by atoms with E-state index in [1.807, 2.05) is 20.0 Å². The highest BCUT2D eigenvalue weighted by Crippen LogP contribution is 2.18. The van der Waals surface area contributed by atoms with Crippen molar-refractivity contribution in [1.82, 2.24) is 14.8 Å². The number of nitriles is 1. The minimum atomic E-state index is 0.447. The van der Waals surface area contributed by atoms with Crippen LogP contribution in [-0.4, -0.2) is 14.8 Å². The standard InChI is InChI=1S/C9H8N4/c1-6-9-7(5-10)11-4-3-8(9)13(2)12-6/h3-4H,1-2H3. The van der Waals surface area contributed by atoms with Gasteiger partial charge in [-0.2, -0.15) is 10.4 Å². The van der Waals surface area contributed by atoms with Crippen LogP contribution < -0.4 is 0 Å². The molecular weight excluding hydrogens is 164 g/mol. The zero-order chi connectivity index (χ0) is 9.42. The van der Waals surface area contributed by atoms with Gasteiger partial charge < -0.3 is 0 Å². The maximum absolute atomic E-state index is 8.82. The minimum Gasteiger partial charge on any atom is -0.268 e. The number of nitrogens with zero attached hydrogens (tertiary/aromatic N) is 4. The molecule has 0 aromatic carbocycles. The first-order valence-corrected chi connectivity index (χ1v) is 3.92. The first-order chi connectivity index (χ1) is 6.24. The first-order valence-electron chi connectivity index (χ1n) is 3.92. The average Bonchev–Trinajstić information content (AvgIpc) is 2.43. The van der Waals surface area contributed by atoms with Crippen molar-refractivity contribution in [2.24, 2.45) is 7.05 Å². The third-order valence-electron chi connectivity index (χ3n) is 2.05. The van der Waals surface area contributed by atoms with Crippen LogP contribution in [0.5, 0.6) is 0 Å². The lowest BCUT2D eigenvalue weighted by atomic mass is 10.2. The average molecular weight is 172 g/mol. The molecule has 0 saturated carbocycles. The number of aryl methyl sites for hydroxylation is 2. The van der Waals surface area contributed by atoms with Gasteiger partial charge in [-0.05, 0) is 13.0 Å².